The molecule has 0 aromatic heterocycles. The van der Waals surface area contributed by atoms with Crippen LogP contribution in [-0.4, -0.2) is 4.75 Å². The average molecular weight is 200 g/mol. The lowest BCUT2D eigenvalue weighted by atomic mass is 9.76. The minimum atomic E-state index is 0.0951. The summed E-state index contributed by atoms with van der Waals surface area (Å²) < 4.78 is 0.0951. The highest BCUT2D eigenvalue weighted by Crippen LogP contribution is 2.37. The Balaban J connectivity index is 4.37. The van der Waals surface area contributed by atoms with E-state index in [0.717, 1.165) is 12.3 Å². The third-order valence-electron chi connectivity index (χ3n) is 2.20. The smallest absolute Gasteiger partial charge is 0.00813 e. The quantitative estimate of drug-likeness (QED) is 0.496. The molecule has 78 valence electrons. The minimum absolute atomic E-state index is 0.0951. The largest absolute Gasteiger partial charge is 0.173 e. The van der Waals surface area contributed by atoms with Crippen LogP contribution in [0.1, 0.15) is 47.5 Å². The van der Waals surface area contributed by atoms with Crippen LogP contribution < -0.4 is 0 Å². The number of allylic oxidation sites excluding steroid dienone is 1. The van der Waals surface area contributed by atoms with Gasteiger partial charge in [0.05, 0.1) is 0 Å². The molecule has 0 amide bonds. The molecule has 0 fully saturated rings. The van der Waals surface area contributed by atoms with Crippen molar-refractivity contribution in [1.29, 1.82) is 0 Å². The van der Waals surface area contributed by atoms with Gasteiger partial charge < -0.3 is 0 Å². The third kappa shape index (κ3) is 6.20. The molecule has 0 aromatic rings. The molecule has 0 heterocycles. The Morgan fingerprint density at radius 2 is 1.77 bits per heavy atom. The normalized spacial score (nSPS) is 17.2. The summed E-state index contributed by atoms with van der Waals surface area (Å²) in [5.74, 6) is 0.721. The Bertz CT molecular complexity index is 164. The molecule has 0 aromatic carbocycles. The van der Waals surface area contributed by atoms with Crippen molar-refractivity contribution in [3.63, 3.8) is 0 Å². The summed E-state index contributed by atoms with van der Waals surface area (Å²) in [5, 5.41) is 0. The molecule has 1 unspecified atom stereocenters. The van der Waals surface area contributed by atoms with E-state index in [9.17, 15) is 0 Å². The Morgan fingerprint density at radius 1 is 1.31 bits per heavy atom. The molecule has 0 saturated heterocycles. The van der Waals surface area contributed by atoms with Crippen LogP contribution in [0.2, 0.25) is 0 Å². The Morgan fingerprint density at radius 3 is 2.00 bits per heavy atom. The molecule has 0 bridgehead atoms. The van der Waals surface area contributed by atoms with Crippen LogP contribution in [-0.2, 0) is 0 Å². The van der Waals surface area contributed by atoms with Gasteiger partial charge in [-0.1, -0.05) is 40.7 Å². The maximum absolute atomic E-state index is 4.58. The van der Waals surface area contributed by atoms with Gasteiger partial charge in [-0.3, -0.25) is 0 Å². The highest BCUT2D eigenvalue weighted by atomic mass is 32.1. The molecule has 13 heavy (non-hydrogen) atoms. The number of hydrogen-bond acceptors (Lipinski definition) is 1. The number of thiol groups is 1. The topological polar surface area (TPSA) is 0 Å². The van der Waals surface area contributed by atoms with E-state index < -0.39 is 0 Å². The summed E-state index contributed by atoms with van der Waals surface area (Å²) in [4.78, 5) is 0. The van der Waals surface area contributed by atoms with Crippen LogP contribution >= 0.6 is 12.6 Å². The summed E-state index contributed by atoms with van der Waals surface area (Å²) in [7, 11) is 0. The van der Waals surface area contributed by atoms with Gasteiger partial charge in [0.15, 0.2) is 0 Å². The van der Waals surface area contributed by atoms with Crippen LogP contribution in [0.25, 0.3) is 0 Å². The maximum atomic E-state index is 4.58. The highest BCUT2D eigenvalue weighted by Gasteiger charge is 2.28. The van der Waals surface area contributed by atoms with Gasteiger partial charge in [0.25, 0.3) is 0 Å². The molecule has 0 radical (unpaired) electrons. The average Bonchev–Trinajstić information content (AvgIpc) is 1.81. The van der Waals surface area contributed by atoms with E-state index in [2.05, 4.69) is 59.9 Å². The van der Waals surface area contributed by atoms with Gasteiger partial charge in [0.2, 0.25) is 0 Å². The van der Waals surface area contributed by atoms with Crippen molar-refractivity contribution in [1.82, 2.24) is 0 Å². The van der Waals surface area contributed by atoms with E-state index in [1.54, 1.807) is 0 Å². The third-order valence-corrected chi connectivity index (χ3v) is 2.36. The van der Waals surface area contributed by atoms with Crippen LogP contribution in [0, 0.1) is 11.3 Å². The zero-order valence-corrected chi connectivity index (χ0v) is 10.6. The first kappa shape index (κ1) is 13.1. The highest BCUT2D eigenvalue weighted by molar-refractivity contribution is 7.81. The minimum Gasteiger partial charge on any atom is -0.173 e. The van der Waals surface area contributed by atoms with E-state index in [0.29, 0.717) is 0 Å². The van der Waals surface area contributed by atoms with Gasteiger partial charge >= 0.3 is 0 Å². The Labute approximate surface area is 89.2 Å². The van der Waals surface area contributed by atoms with Gasteiger partial charge in [0.1, 0.15) is 0 Å². The second-order valence-corrected chi connectivity index (χ2v) is 6.66. The fourth-order valence-electron chi connectivity index (χ4n) is 2.15. The van der Waals surface area contributed by atoms with Crippen LogP contribution in [0.3, 0.4) is 0 Å². The Kier molecular flexibility index (Phi) is 4.58. The first-order valence-electron chi connectivity index (χ1n) is 5.04. The van der Waals surface area contributed by atoms with Gasteiger partial charge in [-0.15, -0.1) is 6.58 Å². The molecule has 0 aliphatic carbocycles. The molecule has 0 rings (SSSR count). The van der Waals surface area contributed by atoms with Crippen LogP contribution in [0.5, 0.6) is 0 Å². The van der Waals surface area contributed by atoms with Gasteiger partial charge in [0, 0.05) is 4.75 Å². The fourth-order valence-corrected chi connectivity index (χ4v) is 2.51. The van der Waals surface area contributed by atoms with Crippen molar-refractivity contribution in [2.24, 2.45) is 11.3 Å². The predicted octanol–water partition coefficient (Wildman–Crippen LogP) is 4.32. The second-order valence-electron chi connectivity index (χ2n) is 5.45. The zero-order valence-electron chi connectivity index (χ0n) is 9.72. The standard InChI is InChI=1S/C12H24S/c1-7-12(6,8-10(2)3)9-11(4,5)13/h7,10,13H,1,8-9H2,2-6H3. The lowest BCUT2D eigenvalue weighted by Gasteiger charge is -2.33. The Hall–Kier alpha value is 0.0900. The van der Waals surface area contributed by atoms with Crippen molar-refractivity contribution in [2.45, 2.75) is 52.2 Å². The molecular weight excluding hydrogens is 176 g/mol. The molecule has 0 nitrogen and oxygen atoms in total. The van der Waals surface area contributed by atoms with Crippen molar-refractivity contribution < 1.29 is 0 Å². The molecule has 1 heteroatoms. The van der Waals surface area contributed by atoms with Crippen molar-refractivity contribution in [3.05, 3.63) is 12.7 Å². The van der Waals surface area contributed by atoms with E-state index in [1.807, 2.05) is 0 Å². The van der Waals surface area contributed by atoms with Gasteiger partial charge in [-0.2, -0.15) is 12.6 Å². The first-order chi connectivity index (χ1) is 5.68. The van der Waals surface area contributed by atoms with Crippen LogP contribution in [0.4, 0.5) is 0 Å². The van der Waals surface area contributed by atoms with E-state index >= 15 is 0 Å². The van der Waals surface area contributed by atoms with E-state index in [1.165, 1.54) is 6.42 Å². The lowest BCUT2D eigenvalue weighted by molar-refractivity contribution is 0.287. The number of rotatable bonds is 5. The fraction of sp³-hybridized carbons (Fsp3) is 0.833. The van der Waals surface area contributed by atoms with Gasteiger partial charge in [-0.05, 0) is 24.2 Å². The van der Waals surface area contributed by atoms with E-state index in [-0.39, 0.29) is 10.2 Å². The molecule has 0 spiro atoms. The molecule has 0 aliphatic rings. The first-order valence-corrected chi connectivity index (χ1v) is 5.49. The summed E-state index contributed by atoms with van der Waals surface area (Å²) >= 11 is 4.58. The lowest BCUT2D eigenvalue weighted by Crippen LogP contribution is -2.25. The maximum Gasteiger partial charge on any atom is 0.00813 e. The van der Waals surface area contributed by atoms with Crippen LogP contribution in [0.15, 0.2) is 12.7 Å². The summed E-state index contributed by atoms with van der Waals surface area (Å²) in [6.07, 6.45) is 4.37. The van der Waals surface area contributed by atoms with Crippen molar-refractivity contribution in [2.75, 3.05) is 0 Å². The molecule has 0 saturated carbocycles. The summed E-state index contributed by atoms with van der Waals surface area (Å²) in [5.41, 5.74) is 0.236. The van der Waals surface area contributed by atoms with E-state index in [4.69, 9.17) is 0 Å². The SMILES string of the molecule is C=CC(C)(CC(C)C)CC(C)(C)S. The predicted molar refractivity (Wildman–Crippen MR) is 65.4 cm³/mol. The molecule has 1 atom stereocenters. The molecule has 0 N–H and O–H groups in total. The zero-order chi connectivity index (χ0) is 10.7. The van der Waals surface area contributed by atoms with Crippen molar-refractivity contribution >= 4 is 12.6 Å². The van der Waals surface area contributed by atoms with Crippen molar-refractivity contribution in [3.8, 4) is 0 Å². The van der Waals surface area contributed by atoms with Gasteiger partial charge in [-0.25, -0.2) is 0 Å². The second kappa shape index (κ2) is 4.54. The summed E-state index contributed by atoms with van der Waals surface area (Å²) in [6.45, 7) is 15.1. The number of hydrogen-bond donors (Lipinski definition) is 1. The summed E-state index contributed by atoms with van der Waals surface area (Å²) in [6, 6.07) is 0. The molecule has 0 aliphatic heterocycles. The molecular formula is C12H24S. The monoisotopic (exact) mass is 200 g/mol.